The van der Waals surface area contributed by atoms with Crippen molar-refractivity contribution < 1.29 is 9.18 Å². The van der Waals surface area contributed by atoms with Crippen molar-refractivity contribution in [3.05, 3.63) is 41.2 Å². The number of benzene rings is 1. The van der Waals surface area contributed by atoms with Crippen LogP contribution in [0.5, 0.6) is 0 Å². The quantitative estimate of drug-likeness (QED) is 0.906. The molecule has 0 fully saturated rings. The fourth-order valence-electron chi connectivity index (χ4n) is 2.93. The summed E-state index contributed by atoms with van der Waals surface area (Å²) < 4.78 is 15.6. The topological polar surface area (TPSA) is 71.8 Å². The van der Waals surface area contributed by atoms with E-state index in [1.54, 1.807) is 19.1 Å². The molecule has 0 unspecified atom stereocenters. The van der Waals surface area contributed by atoms with Crippen molar-refractivity contribution in [1.29, 1.82) is 0 Å². The van der Waals surface area contributed by atoms with Gasteiger partial charge >= 0.3 is 6.03 Å². The molecule has 1 aromatic heterocycles. The first-order valence-corrected chi connectivity index (χ1v) is 8.30. The molecule has 0 radical (unpaired) electrons. The Bertz CT molecular complexity index is 743. The van der Waals surface area contributed by atoms with Gasteiger partial charge < -0.3 is 15.2 Å². The predicted molar refractivity (Wildman–Crippen MR) is 89.3 cm³/mol. The van der Waals surface area contributed by atoms with E-state index in [9.17, 15) is 9.18 Å². The molecule has 128 valence electrons. The zero-order valence-corrected chi connectivity index (χ0v) is 14.0. The van der Waals surface area contributed by atoms with Crippen molar-refractivity contribution in [2.24, 2.45) is 0 Å². The maximum absolute atomic E-state index is 13.5. The number of rotatable bonds is 3. The van der Waals surface area contributed by atoms with E-state index >= 15 is 0 Å². The third kappa shape index (κ3) is 3.55. The average molecular weight is 331 g/mol. The zero-order valence-electron chi connectivity index (χ0n) is 14.0. The van der Waals surface area contributed by atoms with Gasteiger partial charge in [0.25, 0.3) is 0 Å². The largest absolute Gasteiger partial charge is 0.328 e. The van der Waals surface area contributed by atoms with E-state index in [2.05, 4.69) is 25.4 Å². The van der Waals surface area contributed by atoms with Gasteiger partial charge in [-0.15, -0.1) is 10.2 Å². The number of halogens is 1. The molecule has 1 aliphatic rings. The van der Waals surface area contributed by atoms with Gasteiger partial charge in [-0.1, -0.05) is 12.5 Å². The number of urea groups is 1. The molecule has 24 heavy (non-hydrogen) atoms. The lowest BCUT2D eigenvalue weighted by molar-refractivity contribution is 0.248. The van der Waals surface area contributed by atoms with Crippen molar-refractivity contribution >= 4 is 11.7 Å². The second-order valence-corrected chi connectivity index (χ2v) is 6.22. The molecule has 0 spiro atoms. The number of carbonyl (C=O) groups excluding carboxylic acids is 1. The molecule has 1 aliphatic heterocycles. The average Bonchev–Trinajstić information content (AvgIpc) is 2.80. The highest BCUT2D eigenvalue weighted by molar-refractivity contribution is 5.89. The van der Waals surface area contributed by atoms with Crippen LogP contribution < -0.4 is 10.6 Å². The van der Waals surface area contributed by atoms with Crippen LogP contribution in [0.2, 0.25) is 0 Å². The molecule has 3 rings (SSSR count). The van der Waals surface area contributed by atoms with Gasteiger partial charge in [-0.25, -0.2) is 9.18 Å². The van der Waals surface area contributed by atoms with Gasteiger partial charge in [0.2, 0.25) is 0 Å². The molecule has 0 saturated carbocycles. The van der Waals surface area contributed by atoms with E-state index in [4.69, 9.17) is 0 Å². The normalized spacial score (nSPS) is 15.3. The minimum absolute atomic E-state index is 0.278. The van der Waals surface area contributed by atoms with Gasteiger partial charge in [-0.05, 0) is 44.4 Å². The Morgan fingerprint density at radius 1 is 1.29 bits per heavy atom. The van der Waals surface area contributed by atoms with Gasteiger partial charge in [-0.2, -0.15) is 0 Å². The molecule has 0 aliphatic carbocycles. The van der Waals surface area contributed by atoms with Gasteiger partial charge in [0, 0.05) is 18.7 Å². The summed E-state index contributed by atoms with van der Waals surface area (Å²) in [7, 11) is 0. The molecule has 7 heteroatoms. The minimum Gasteiger partial charge on any atom is -0.328 e. The molecule has 2 amide bonds. The van der Waals surface area contributed by atoms with Crippen LogP contribution in [-0.4, -0.2) is 20.8 Å². The van der Waals surface area contributed by atoms with E-state index in [1.807, 2.05) is 6.92 Å². The van der Waals surface area contributed by atoms with E-state index in [0.717, 1.165) is 37.5 Å². The highest BCUT2D eigenvalue weighted by Gasteiger charge is 2.20. The molecule has 0 saturated heterocycles. The lowest BCUT2D eigenvalue weighted by Crippen LogP contribution is -2.32. The lowest BCUT2D eigenvalue weighted by Gasteiger charge is -2.16. The molecule has 1 atom stereocenters. The first kappa shape index (κ1) is 16.4. The minimum atomic E-state index is -0.392. The molecule has 2 N–H and O–H groups in total. The second kappa shape index (κ2) is 6.98. The highest BCUT2D eigenvalue weighted by Crippen LogP contribution is 2.19. The highest BCUT2D eigenvalue weighted by atomic mass is 19.1. The van der Waals surface area contributed by atoms with Crippen LogP contribution in [-0.2, 0) is 13.0 Å². The number of fused-ring (bicyclic) bond motifs is 1. The molecular weight excluding hydrogens is 309 g/mol. The summed E-state index contributed by atoms with van der Waals surface area (Å²) in [6.07, 6.45) is 4.33. The number of hydrogen-bond acceptors (Lipinski definition) is 3. The maximum Gasteiger partial charge on any atom is 0.319 e. The van der Waals surface area contributed by atoms with E-state index in [1.165, 1.54) is 12.5 Å². The Kier molecular flexibility index (Phi) is 4.78. The third-order valence-corrected chi connectivity index (χ3v) is 4.30. The standard InChI is InChI=1S/C17H22FN5O/c1-11-7-8-13(10-14(11)18)20-17(24)19-12(2)16-22-21-15-6-4-3-5-9-23(15)16/h7-8,10,12H,3-6,9H2,1-2H3,(H2,19,20,24)/t12-/m1/s1. The molecule has 2 heterocycles. The van der Waals surface area contributed by atoms with Crippen LogP contribution >= 0.6 is 0 Å². The fraction of sp³-hybridized carbons (Fsp3) is 0.471. The lowest BCUT2D eigenvalue weighted by atomic mass is 10.2. The maximum atomic E-state index is 13.5. The Labute approximate surface area is 140 Å². The molecule has 0 bridgehead atoms. The van der Waals surface area contributed by atoms with Crippen LogP contribution in [0.15, 0.2) is 18.2 Å². The summed E-state index contributed by atoms with van der Waals surface area (Å²) >= 11 is 0. The number of nitrogens with zero attached hydrogens (tertiary/aromatic N) is 3. The van der Waals surface area contributed by atoms with Gasteiger partial charge in [-0.3, -0.25) is 0 Å². The van der Waals surface area contributed by atoms with Crippen molar-refractivity contribution in [3.8, 4) is 0 Å². The fourth-order valence-corrected chi connectivity index (χ4v) is 2.93. The van der Waals surface area contributed by atoms with Crippen molar-refractivity contribution in [2.75, 3.05) is 5.32 Å². The zero-order chi connectivity index (χ0) is 17.1. The summed E-state index contributed by atoms with van der Waals surface area (Å²) in [6.45, 7) is 4.43. The summed E-state index contributed by atoms with van der Waals surface area (Å²) in [5.41, 5.74) is 0.961. The molecule has 6 nitrogen and oxygen atoms in total. The number of aryl methyl sites for hydroxylation is 2. The van der Waals surface area contributed by atoms with Gasteiger partial charge in [0.1, 0.15) is 11.6 Å². The number of hydrogen-bond donors (Lipinski definition) is 2. The summed E-state index contributed by atoms with van der Waals surface area (Å²) in [4.78, 5) is 12.1. The van der Waals surface area contributed by atoms with E-state index in [0.29, 0.717) is 11.3 Å². The van der Waals surface area contributed by atoms with Crippen molar-refractivity contribution in [3.63, 3.8) is 0 Å². The van der Waals surface area contributed by atoms with Crippen LogP contribution in [0.3, 0.4) is 0 Å². The number of amides is 2. The smallest absolute Gasteiger partial charge is 0.319 e. The first-order chi connectivity index (χ1) is 11.5. The molecular formula is C17H22FN5O. The van der Waals surface area contributed by atoms with Crippen LogP contribution in [0, 0.1) is 12.7 Å². The van der Waals surface area contributed by atoms with Crippen LogP contribution in [0.1, 0.15) is 49.4 Å². The van der Waals surface area contributed by atoms with Crippen LogP contribution in [0.4, 0.5) is 14.9 Å². The summed E-state index contributed by atoms with van der Waals surface area (Å²) in [5.74, 6) is 1.40. The van der Waals surface area contributed by atoms with Crippen molar-refractivity contribution in [1.82, 2.24) is 20.1 Å². The third-order valence-electron chi connectivity index (χ3n) is 4.30. The molecule has 2 aromatic rings. The van der Waals surface area contributed by atoms with E-state index < -0.39 is 6.03 Å². The van der Waals surface area contributed by atoms with Gasteiger partial charge in [0.15, 0.2) is 5.82 Å². The number of anilines is 1. The SMILES string of the molecule is Cc1ccc(NC(=O)N[C@H](C)c2nnc3n2CCCCC3)cc1F. The predicted octanol–water partition coefficient (Wildman–Crippen LogP) is 3.33. The monoisotopic (exact) mass is 331 g/mol. The first-order valence-electron chi connectivity index (χ1n) is 8.30. The second-order valence-electron chi connectivity index (χ2n) is 6.22. The Hall–Kier alpha value is -2.44. The van der Waals surface area contributed by atoms with E-state index in [-0.39, 0.29) is 11.9 Å². The number of aromatic nitrogens is 3. The number of nitrogens with one attached hydrogen (secondary N) is 2. The van der Waals surface area contributed by atoms with Crippen molar-refractivity contribution in [2.45, 2.75) is 52.1 Å². The number of carbonyl (C=O) groups is 1. The Morgan fingerprint density at radius 2 is 2.12 bits per heavy atom. The summed E-state index contributed by atoms with van der Waals surface area (Å²) in [5, 5.41) is 14.0. The summed E-state index contributed by atoms with van der Waals surface area (Å²) in [6, 6.07) is 3.94. The molecule has 1 aromatic carbocycles. The Morgan fingerprint density at radius 3 is 2.92 bits per heavy atom. The van der Waals surface area contributed by atoms with Gasteiger partial charge in [0.05, 0.1) is 6.04 Å². The van der Waals surface area contributed by atoms with Crippen LogP contribution in [0.25, 0.3) is 0 Å². The Balaban J connectivity index is 1.66.